The van der Waals surface area contributed by atoms with E-state index < -0.39 is 12.1 Å². The Morgan fingerprint density at radius 1 is 1.53 bits per heavy atom. The number of esters is 1. The summed E-state index contributed by atoms with van der Waals surface area (Å²) in [6, 6.07) is 1.88. The second kappa shape index (κ2) is 8.44. The molecule has 0 aromatic carbocycles. The fraction of sp³-hybridized carbons (Fsp3) is 0.385. The molecule has 1 aromatic heterocycles. The Hall–Kier alpha value is -1.66. The van der Waals surface area contributed by atoms with Gasteiger partial charge in [0.05, 0.1) is 6.61 Å². The maximum absolute atomic E-state index is 11.5. The third-order valence-electron chi connectivity index (χ3n) is 2.22. The van der Waals surface area contributed by atoms with E-state index >= 15 is 0 Å². The molecule has 0 aliphatic carbocycles. The van der Waals surface area contributed by atoms with Crippen molar-refractivity contribution >= 4 is 29.3 Å². The average molecular weight is 283 g/mol. The van der Waals surface area contributed by atoms with Gasteiger partial charge in [-0.05, 0) is 35.4 Å². The fourth-order valence-corrected chi connectivity index (χ4v) is 1.85. The molecular formula is C13H17NO4S. The number of thiophene rings is 1. The Kier molecular flexibility index (Phi) is 6.84. The van der Waals surface area contributed by atoms with E-state index in [1.165, 1.54) is 13.0 Å². The van der Waals surface area contributed by atoms with Crippen LogP contribution in [-0.2, 0) is 19.1 Å². The normalized spacial score (nSPS) is 12.3. The SMILES string of the molecule is COCCNC(=O)[C@@H](C)OC(=O)/C=C/c1ccsc1. The minimum absolute atomic E-state index is 0.339. The van der Waals surface area contributed by atoms with Gasteiger partial charge in [0.1, 0.15) is 0 Å². The molecule has 5 nitrogen and oxygen atoms in total. The summed E-state index contributed by atoms with van der Waals surface area (Å²) in [5.74, 6) is -0.880. The number of rotatable bonds is 7. The molecule has 0 spiro atoms. The summed E-state index contributed by atoms with van der Waals surface area (Å²) in [5, 5.41) is 6.42. The lowest BCUT2D eigenvalue weighted by Crippen LogP contribution is -2.37. The number of hydrogen-bond donors (Lipinski definition) is 1. The number of carbonyl (C=O) groups is 2. The van der Waals surface area contributed by atoms with Gasteiger partial charge in [0.15, 0.2) is 6.10 Å². The third-order valence-corrected chi connectivity index (χ3v) is 2.92. The third kappa shape index (κ3) is 6.17. The molecule has 104 valence electrons. The first-order chi connectivity index (χ1) is 9.13. The topological polar surface area (TPSA) is 64.6 Å². The van der Waals surface area contributed by atoms with Crippen molar-refractivity contribution in [1.82, 2.24) is 5.32 Å². The molecule has 19 heavy (non-hydrogen) atoms. The van der Waals surface area contributed by atoms with Crippen LogP contribution in [0.15, 0.2) is 22.9 Å². The van der Waals surface area contributed by atoms with Crippen LogP contribution in [0.3, 0.4) is 0 Å². The molecule has 1 amide bonds. The number of hydrogen-bond acceptors (Lipinski definition) is 5. The highest BCUT2D eigenvalue weighted by Gasteiger charge is 2.15. The summed E-state index contributed by atoms with van der Waals surface area (Å²) in [5.41, 5.74) is 0.930. The van der Waals surface area contributed by atoms with Gasteiger partial charge in [0.2, 0.25) is 0 Å². The summed E-state index contributed by atoms with van der Waals surface area (Å²) >= 11 is 1.54. The lowest BCUT2D eigenvalue weighted by molar-refractivity contribution is -0.150. The van der Waals surface area contributed by atoms with Crippen molar-refractivity contribution < 1.29 is 19.1 Å². The Bertz CT molecular complexity index is 428. The quantitative estimate of drug-likeness (QED) is 0.467. The number of nitrogens with one attached hydrogen (secondary N) is 1. The van der Waals surface area contributed by atoms with E-state index in [9.17, 15) is 9.59 Å². The molecule has 0 unspecified atom stereocenters. The van der Waals surface area contributed by atoms with Crippen LogP contribution in [0.25, 0.3) is 6.08 Å². The first-order valence-electron chi connectivity index (χ1n) is 5.81. The van der Waals surface area contributed by atoms with Crippen molar-refractivity contribution in [2.75, 3.05) is 20.3 Å². The molecule has 1 N–H and O–H groups in total. The van der Waals surface area contributed by atoms with Crippen LogP contribution >= 0.6 is 11.3 Å². The molecule has 0 aliphatic heterocycles. The molecule has 0 bridgehead atoms. The molecule has 0 fully saturated rings. The summed E-state index contributed by atoms with van der Waals surface area (Å²) in [6.07, 6.45) is 2.13. The maximum Gasteiger partial charge on any atom is 0.331 e. The van der Waals surface area contributed by atoms with Gasteiger partial charge in [0.25, 0.3) is 5.91 Å². The van der Waals surface area contributed by atoms with E-state index in [4.69, 9.17) is 9.47 Å². The Morgan fingerprint density at radius 3 is 2.95 bits per heavy atom. The van der Waals surface area contributed by atoms with Crippen molar-refractivity contribution in [1.29, 1.82) is 0 Å². The van der Waals surface area contributed by atoms with Crippen LogP contribution in [0, 0.1) is 0 Å². The van der Waals surface area contributed by atoms with E-state index in [1.54, 1.807) is 24.5 Å². The van der Waals surface area contributed by atoms with E-state index in [0.717, 1.165) is 5.56 Å². The summed E-state index contributed by atoms with van der Waals surface area (Å²) in [4.78, 5) is 23.0. The Labute approximate surface area is 116 Å². The molecule has 1 heterocycles. The zero-order valence-corrected chi connectivity index (χ0v) is 11.7. The predicted octanol–water partition coefficient (Wildman–Crippen LogP) is 1.46. The molecule has 6 heteroatoms. The number of carbonyl (C=O) groups excluding carboxylic acids is 2. The van der Waals surface area contributed by atoms with Gasteiger partial charge >= 0.3 is 5.97 Å². The van der Waals surface area contributed by atoms with Crippen LogP contribution in [0.1, 0.15) is 12.5 Å². The monoisotopic (exact) mass is 283 g/mol. The molecule has 1 atom stereocenters. The molecule has 1 rings (SSSR count). The van der Waals surface area contributed by atoms with Crippen molar-refractivity contribution in [3.05, 3.63) is 28.5 Å². The minimum atomic E-state index is -0.823. The summed E-state index contributed by atoms with van der Waals surface area (Å²) < 4.78 is 9.77. The van der Waals surface area contributed by atoms with E-state index in [1.807, 2.05) is 16.8 Å². The molecular weight excluding hydrogens is 266 g/mol. The molecule has 0 saturated carbocycles. The minimum Gasteiger partial charge on any atom is -0.449 e. The zero-order valence-electron chi connectivity index (χ0n) is 10.9. The van der Waals surface area contributed by atoms with Crippen LogP contribution < -0.4 is 5.32 Å². The van der Waals surface area contributed by atoms with E-state index in [-0.39, 0.29) is 5.91 Å². The van der Waals surface area contributed by atoms with Crippen molar-refractivity contribution in [2.24, 2.45) is 0 Å². The Morgan fingerprint density at radius 2 is 2.32 bits per heavy atom. The summed E-state index contributed by atoms with van der Waals surface area (Å²) in [7, 11) is 1.55. The molecule has 0 saturated heterocycles. The van der Waals surface area contributed by atoms with E-state index in [2.05, 4.69) is 5.32 Å². The van der Waals surface area contributed by atoms with Gasteiger partial charge in [-0.1, -0.05) is 0 Å². The van der Waals surface area contributed by atoms with Crippen LogP contribution in [0.4, 0.5) is 0 Å². The molecule has 0 aliphatic rings. The molecule has 0 radical (unpaired) electrons. The van der Waals surface area contributed by atoms with Crippen LogP contribution in [0.2, 0.25) is 0 Å². The highest BCUT2D eigenvalue weighted by molar-refractivity contribution is 7.08. The van der Waals surface area contributed by atoms with Crippen molar-refractivity contribution in [2.45, 2.75) is 13.0 Å². The maximum atomic E-state index is 11.5. The predicted molar refractivity (Wildman–Crippen MR) is 73.8 cm³/mol. The van der Waals surface area contributed by atoms with Gasteiger partial charge in [-0.2, -0.15) is 11.3 Å². The van der Waals surface area contributed by atoms with Gasteiger partial charge in [0, 0.05) is 19.7 Å². The Balaban J connectivity index is 2.33. The largest absolute Gasteiger partial charge is 0.449 e. The lowest BCUT2D eigenvalue weighted by Gasteiger charge is -2.11. The second-order valence-electron chi connectivity index (χ2n) is 3.75. The van der Waals surface area contributed by atoms with Gasteiger partial charge < -0.3 is 14.8 Å². The van der Waals surface area contributed by atoms with Crippen LogP contribution in [0.5, 0.6) is 0 Å². The first-order valence-corrected chi connectivity index (χ1v) is 6.75. The number of ether oxygens (including phenoxy) is 2. The highest BCUT2D eigenvalue weighted by Crippen LogP contribution is 2.07. The van der Waals surface area contributed by atoms with Gasteiger partial charge in [-0.25, -0.2) is 4.79 Å². The number of amides is 1. The average Bonchev–Trinajstić information content (AvgIpc) is 2.89. The standard InChI is InChI=1S/C13H17NO4S/c1-10(13(16)14-6-7-17-2)18-12(15)4-3-11-5-8-19-9-11/h3-5,8-10H,6-7H2,1-2H3,(H,14,16)/b4-3+/t10-/m1/s1. The summed E-state index contributed by atoms with van der Waals surface area (Å²) in [6.45, 7) is 2.34. The van der Waals surface area contributed by atoms with Gasteiger partial charge in [-0.3, -0.25) is 4.79 Å². The van der Waals surface area contributed by atoms with Crippen molar-refractivity contribution in [3.8, 4) is 0 Å². The van der Waals surface area contributed by atoms with E-state index in [0.29, 0.717) is 13.2 Å². The van der Waals surface area contributed by atoms with Crippen molar-refractivity contribution in [3.63, 3.8) is 0 Å². The second-order valence-corrected chi connectivity index (χ2v) is 4.53. The van der Waals surface area contributed by atoms with Crippen LogP contribution in [-0.4, -0.2) is 38.2 Å². The fourth-order valence-electron chi connectivity index (χ4n) is 1.22. The highest BCUT2D eigenvalue weighted by atomic mass is 32.1. The zero-order chi connectivity index (χ0) is 14.1. The lowest BCUT2D eigenvalue weighted by atomic mass is 10.3. The first kappa shape index (κ1) is 15.4. The molecule has 1 aromatic rings. The smallest absolute Gasteiger partial charge is 0.331 e. The van der Waals surface area contributed by atoms with Gasteiger partial charge in [-0.15, -0.1) is 0 Å². The number of methoxy groups -OCH3 is 1.